The summed E-state index contributed by atoms with van der Waals surface area (Å²) < 4.78 is 0. The van der Waals surface area contributed by atoms with E-state index in [1.165, 1.54) is 12.8 Å². The molecule has 0 radical (unpaired) electrons. The lowest BCUT2D eigenvalue weighted by Gasteiger charge is -2.49. The highest BCUT2D eigenvalue weighted by molar-refractivity contribution is 6.31. The molecule has 3 rings (SSSR count). The van der Waals surface area contributed by atoms with Crippen molar-refractivity contribution in [3.63, 3.8) is 0 Å². The third-order valence-electron chi connectivity index (χ3n) is 4.99. The molecule has 2 saturated heterocycles. The molecule has 0 aliphatic carbocycles. The Balaban J connectivity index is 1.59. The van der Waals surface area contributed by atoms with Gasteiger partial charge in [-0.05, 0) is 50.4 Å². The summed E-state index contributed by atoms with van der Waals surface area (Å²) in [5.74, 6) is 0. The van der Waals surface area contributed by atoms with Gasteiger partial charge in [0.15, 0.2) is 0 Å². The first-order valence-electron chi connectivity index (χ1n) is 8.10. The third-order valence-corrected chi connectivity index (χ3v) is 5.36. The fraction of sp³-hybridized carbons (Fsp3) is 0.647. The highest BCUT2D eigenvalue weighted by Gasteiger charge is 2.43. The molecule has 4 heteroatoms. The number of piperidine rings is 2. The molecule has 0 bridgehead atoms. The first-order chi connectivity index (χ1) is 10.2. The molecule has 3 nitrogen and oxygen atoms in total. The fourth-order valence-corrected chi connectivity index (χ4v) is 4.09. The van der Waals surface area contributed by atoms with Crippen LogP contribution in [0.3, 0.4) is 0 Å². The molecule has 0 saturated carbocycles. The molecule has 0 amide bonds. The van der Waals surface area contributed by atoms with Crippen LogP contribution in [0.15, 0.2) is 24.3 Å². The van der Waals surface area contributed by atoms with E-state index in [0.29, 0.717) is 19.1 Å². The normalized spacial score (nSPS) is 30.1. The Hall–Kier alpha value is -0.610. The molecular formula is C17H25ClN2O. The van der Waals surface area contributed by atoms with Crippen molar-refractivity contribution in [2.24, 2.45) is 0 Å². The number of hydrogen-bond donors (Lipinski definition) is 2. The summed E-state index contributed by atoms with van der Waals surface area (Å²) in [5, 5.41) is 15.3. The van der Waals surface area contributed by atoms with Gasteiger partial charge in [-0.1, -0.05) is 36.2 Å². The number of rotatable bonds is 4. The molecule has 21 heavy (non-hydrogen) atoms. The average Bonchev–Trinajstić information content (AvgIpc) is 2.50. The predicted molar refractivity (Wildman–Crippen MR) is 86.6 cm³/mol. The van der Waals surface area contributed by atoms with E-state index in [1.807, 2.05) is 24.3 Å². The lowest BCUT2D eigenvalue weighted by atomic mass is 9.79. The van der Waals surface area contributed by atoms with E-state index >= 15 is 0 Å². The first kappa shape index (κ1) is 15.3. The minimum atomic E-state index is -0.583. The standard InChI is InChI=1S/C17H25ClN2O/c18-15-7-2-1-6-14(15)12-19-13-17(21)9-5-11-20-10-4-3-8-16(17)20/h1-2,6-7,16,19,21H,3-5,8-13H2/t16-,17-/m1/s1. The van der Waals surface area contributed by atoms with Crippen molar-refractivity contribution in [1.82, 2.24) is 10.2 Å². The number of benzene rings is 1. The topological polar surface area (TPSA) is 35.5 Å². The summed E-state index contributed by atoms with van der Waals surface area (Å²) >= 11 is 6.18. The van der Waals surface area contributed by atoms with E-state index in [4.69, 9.17) is 11.6 Å². The van der Waals surface area contributed by atoms with Gasteiger partial charge in [0.05, 0.1) is 5.60 Å². The quantitative estimate of drug-likeness (QED) is 0.898. The maximum Gasteiger partial charge on any atom is 0.0926 e. The van der Waals surface area contributed by atoms with E-state index in [9.17, 15) is 5.11 Å². The maximum absolute atomic E-state index is 11.1. The molecule has 116 valence electrons. The molecule has 2 atom stereocenters. The molecule has 2 fully saturated rings. The Bertz CT molecular complexity index is 480. The lowest BCUT2D eigenvalue weighted by Crippen LogP contribution is -2.62. The van der Waals surface area contributed by atoms with Crippen molar-refractivity contribution in [2.75, 3.05) is 19.6 Å². The van der Waals surface area contributed by atoms with Gasteiger partial charge < -0.3 is 10.4 Å². The summed E-state index contributed by atoms with van der Waals surface area (Å²) in [6.45, 7) is 3.67. The molecule has 2 aliphatic heterocycles. The summed E-state index contributed by atoms with van der Waals surface area (Å²) in [6, 6.07) is 8.23. The monoisotopic (exact) mass is 308 g/mol. The van der Waals surface area contributed by atoms with Crippen LogP contribution in [-0.2, 0) is 6.54 Å². The Morgan fingerprint density at radius 1 is 1.24 bits per heavy atom. The van der Waals surface area contributed by atoms with Crippen molar-refractivity contribution in [3.05, 3.63) is 34.9 Å². The number of nitrogens with one attached hydrogen (secondary N) is 1. The molecule has 0 spiro atoms. The summed E-state index contributed by atoms with van der Waals surface area (Å²) in [7, 11) is 0. The molecule has 2 heterocycles. The van der Waals surface area contributed by atoms with Gasteiger partial charge in [0.25, 0.3) is 0 Å². The van der Waals surface area contributed by atoms with Crippen LogP contribution in [0.1, 0.15) is 37.7 Å². The molecule has 1 aromatic carbocycles. The van der Waals surface area contributed by atoms with Gasteiger partial charge in [0.1, 0.15) is 0 Å². The second kappa shape index (κ2) is 6.66. The van der Waals surface area contributed by atoms with Crippen LogP contribution in [0.4, 0.5) is 0 Å². The van der Waals surface area contributed by atoms with E-state index in [0.717, 1.165) is 42.9 Å². The number of aliphatic hydroxyl groups is 1. The highest BCUT2D eigenvalue weighted by atomic mass is 35.5. The lowest BCUT2D eigenvalue weighted by molar-refractivity contribution is -0.0919. The summed E-state index contributed by atoms with van der Waals surface area (Å²) in [5.41, 5.74) is 0.513. The average molecular weight is 309 g/mol. The molecular weight excluding hydrogens is 284 g/mol. The van der Waals surface area contributed by atoms with Crippen molar-refractivity contribution in [3.8, 4) is 0 Å². The van der Waals surface area contributed by atoms with Crippen LogP contribution < -0.4 is 5.32 Å². The zero-order valence-corrected chi connectivity index (χ0v) is 13.3. The fourth-order valence-electron chi connectivity index (χ4n) is 3.88. The van der Waals surface area contributed by atoms with Gasteiger partial charge in [-0.2, -0.15) is 0 Å². The molecule has 1 aromatic rings. The van der Waals surface area contributed by atoms with Crippen LogP contribution >= 0.6 is 11.6 Å². The highest BCUT2D eigenvalue weighted by Crippen LogP contribution is 2.33. The van der Waals surface area contributed by atoms with Gasteiger partial charge in [-0.3, -0.25) is 4.90 Å². The van der Waals surface area contributed by atoms with E-state index in [-0.39, 0.29) is 0 Å². The molecule has 2 N–H and O–H groups in total. The number of halogens is 1. The van der Waals surface area contributed by atoms with Gasteiger partial charge >= 0.3 is 0 Å². The smallest absolute Gasteiger partial charge is 0.0926 e. The Kier molecular flexibility index (Phi) is 4.85. The molecule has 0 aromatic heterocycles. The first-order valence-corrected chi connectivity index (χ1v) is 8.47. The Morgan fingerprint density at radius 3 is 2.90 bits per heavy atom. The Morgan fingerprint density at radius 2 is 2.05 bits per heavy atom. The van der Waals surface area contributed by atoms with Gasteiger partial charge in [-0.25, -0.2) is 0 Å². The van der Waals surface area contributed by atoms with Crippen molar-refractivity contribution in [1.29, 1.82) is 0 Å². The number of hydrogen-bond acceptors (Lipinski definition) is 3. The van der Waals surface area contributed by atoms with Crippen LogP contribution in [-0.4, -0.2) is 41.3 Å². The minimum absolute atomic E-state index is 0.332. The number of fused-ring (bicyclic) bond motifs is 1. The third kappa shape index (κ3) is 3.42. The maximum atomic E-state index is 11.1. The van der Waals surface area contributed by atoms with Crippen molar-refractivity contribution in [2.45, 2.75) is 50.3 Å². The minimum Gasteiger partial charge on any atom is -0.387 e. The van der Waals surface area contributed by atoms with Crippen molar-refractivity contribution >= 4 is 11.6 Å². The summed E-state index contributed by atoms with van der Waals surface area (Å²) in [4.78, 5) is 2.49. The second-order valence-corrected chi connectivity index (χ2v) is 6.86. The number of nitrogens with zero attached hydrogens (tertiary/aromatic N) is 1. The van der Waals surface area contributed by atoms with Gasteiger partial charge in [0, 0.05) is 24.2 Å². The predicted octanol–water partition coefficient (Wildman–Crippen LogP) is 2.81. The zero-order valence-electron chi connectivity index (χ0n) is 12.5. The van der Waals surface area contributed by atoms with E-state index in [2.05, 4.69) is 10.2 Å². The second-order valence-electron chi connectivity index (χ2n) is 6.45. The zero-order chi connectivity index (χ0) is 14.7. The van der Waals surface area contributed by atoms with Gasteiger partial charge in [-0.15, -0.1) is 0 Å². The molecule has 0 unspecified atom stereocenters. The largest absolute Gasteiger partial charge is 0.387 e. The summed E-state index contributed by atoms with van der Waals surface area (Å²) in [6.07, 6.45) is 5.66. The van der Waals surface area contributed by atoms with Gasteiger partial charge in [0.2, 0.25) is 0 Å². The SMILES string of the molecule is O[C@@]1(CNCc2ccccc2Cl)CCCN2CCCC[C@@H]21. The van der Waals surface area contributed by atoms with Crippen LogP contribution in [0.25, 0.3) is 0 Å². The van der Waals surface area contributed by atoms with E-state index in [1.54, 1.807) is 0 Å². The van der Waals surface area contributed by atoms with Crippen LogP contribution in [0.2, 0.25) is 5.02 Å². The molecule has 2 aliphatic rings. The van der Waals surface area contributed by atoms with Crippen LogP contribution in [0, 0.1) is 0 Å². The van der Waals surface area contributed by atoms with E-state index < -0.39 is 5.60 Å². The van der Waals surface area contributed by atoms with Crippen LogP contribution in [0.5, 0.6) is 0 Å². The Labute approximate surface area is 132 Å². The van der Waals surface area contributed by atoms with Crippen molar-refractivity contribution < 1.29 is 5.11 Å².